The number of sulfone groups is 2. The van der Waals surface area contributed by atoms with Crippen molar-refractivity contribution in [3.63, 3.8) is 0 Å². The van der Waals surface area contributed by atoms with Crippen molar-refractivity contribution in [3.8, 4) is 0 Å². The van der Waals surface area contributed by atoms with Gasteiger partial charge < -0.3 is 20.0 Å². The third-order valence-corrected chi connectivity index (χ3v) is 13.1. The zero-order valence-electron chi connectivity index (χ0n) is 32.2. The van der Waals surface area contributed by atoms with E-state index >= 15 is 0 Å². The van der Waals surface area contributed by atoms with E-state index in [0.29, 0.717) is 16.2 Å². The quantitative estimate of drug-likeness (QED) is 0.134. The second-order valence-electron chi connectivity index (χ2n) is 13.9. The van der Waals surface area contributed by atoms with Crippen molar-refractivity contribution < 1.29 is 26.4 Å². The van der Waals surface area contributed by atoms with Gasteiger partial charge in [-0.1, -0.05) is 42.0 Å². The molecule has 298 valence electrons. The highest BCUT2D eigenvalue weighted by molar-refractivity contribution is 7.91. The van der Waals surface area contributed by atoms with E-state index in [0.717, 1.165) is 44.4 Å². The van der Waals surface area contributed by atoms with E-state index < -0.39 is 19.7 Å². The first-order chi connectivity index (χ1) is 28.3. The van der Waals surface area contributed by atoms with Crippen molar-refractivity contribution in [2.75, 3.05) is 0 Å². The number of fused-ring (bicyclic) bond motifs is 2. The number of aromatic nitrogens is 5. The Balaban J connectivity index is 0.000000179. The molecule has 0 saturated heterocycles. The lowest BCUT2D eigenvalue weighted by molar-refractivity contribution is 0.0940. The maximum absolute atomic E-state index is 12.9. The maximum Gasteiger partial charge on any atom is 0.267 e. The summed E-state index contributed by atoms with van der Waals surface area (Å²) < 4.78 is 53.1. The fourth-order valence-corrected chi connectivity index (χ4v) is 9.11. The van der Waals surface area contributed by atoms with Crippen LogP contribution >= 0.6 is 0 Å². The van der Waals surface area contributed by atoms with Crippen molar-refractivity contribution >= 4 is 48.0 Å². The van der Waals surface area contributed by atoms with Gasteiger partial charge in [0, 0.05) is 67.4 Å². The van der Waals surface area contributed by atoms with Crippen LogP contribution in [0.2, 0.25) is 0 Å². The zero-order chi connectivity index (χ0) is 41.7. The van der Waals surface area contributed by atoms with E-state index in [1.165, 1.54) is 18.3 Å². The Bertz CT molecular complexity index is 3020. The average molecular weight is 826 g/mol. The highest BCUT2D eigenvalue weighted by atomic mass is 32.2. The molecule has 8 rings (SSSR count). The van der Waals surface area contributed by atoms with Gasteiger partial charge in [-0.05, 0) is 104 Å². The molecule has 0 aliphatic rings. The Morgan fingerprint density at radius 2 is 1.32 bits per heavy atom. The monoisotopic (exact) mass is 825 g/mol. The van der Waals surface area contributed by atoms with Crippen molar-refractivity contribution in [1.82, 2.24) is 35.0 Å². The second-order valence-corrected chi connectivity index (χ2v) is 17.8. The molecule has 0 saturated carbocycles. The number of hydrogen-bond donors (Lipinski definition) is 3. The van der Waals surface area contributed by atoms with Gasteiger partial charge in [0.2, 0.25) is 19.7 Å². The number of rotatable bonds is 10. The second kappa shape index (κ2) is 16.9. The van der Waals surface area contributed by atoms with Gasteiger partial charge in [-0.25, -0.2) is 21.8 Å². The summed E-state index contributed by atoms with van der Waals surface area (Å²) in [4.78, 5) is 40.9. The number of H-pyrrole nitrogens is 1. The number of benzene rings is 3. The number of amides is 2. The van der Waals surface area contributed by atoms with Gasteiger partial charge >= 0.3 is 0 Å². The van der Waals surface area contributed by atoms with Gasteiger partial charge in [0.05, 0.1) is 25.1 Å². The van der Waals surface area contributed by atoms with Crippen LogP contribution in [0.1, 0.15) is 48.7 Å². The minimum Gasteiger partial charge on any atom is -0.350 e. The molecule has 0 atom stereocenters. The third kappa shape index (κ3) is 9.11. The molecule has 0 bridgehead atoms. The highest BCUT2D eigenvalue weighted by Crippen LogP contribution is 2.25. The molecule has 0 fully saturated rings. The molecular weight excluding hydrogens is 787 g/mol. The summed E-state index contributed by atoms with van der Waals surface area (Å²) in [7, 11) is -7.22. The van der Waals surface area contributed by atoms with Gasteiger partial charge in [-0.2, -0.15) is 0 Å². The Morgan fingerprint density at radius 1 is 0.644 bits per heavy atom. The molecule has 2 amide bonds. The number of hydrogen-bond acceptors (Lipinski definition) is 9. The van der Waals surface area contributed by atoms with Crippen LogP contribution in [0.5, 0.6) is 0 Å². The van der Waals surface area contributed by atoms with E-state index in [-0.39, 0.29) is 39.6 Å². The summed E-state index contributed by atoms with van der Waals surface area (Å²) in [6.07, 6.45) is 11.5. The van der Waals surface area contributed by atoms with Gasteiger partial charge in [0.25, 0.3) is 11.8 Å². The van der Waals surface area contributed by atoms with Crippen LogP contribution in [0, 0.1) is 20.8 Å². The smallest absolute Gasteiger partial charge is 0.267 e. The molecule has 5 heterocycles. The molecule has 0 aliphatic heterocycles. The van der Waals surface area contributed by atoms with Gasteiger partial charge in [0.1, 0.15) is 11.3 Å². The zero-order valence-corrected chi connectivity index (χ0v) is 33.9. The first kappa shape index (κ1) is 40.2. The van der Waals surface area contributed by atoms with Crippen molar-refractivity contribution in [2.24, 2.45) is 0 Å². The van der Waals surface area contributed by atoms with Crippen LogP contribution in [-0.2, 0) is 32.8 Å². The van der Waals surface area contributed by atoms with Crippen molar-refractivity contribution in [2.45, 2.75) is 53.4 Å². The van der Waals surface area contributed by atoms with Crippen LogP contribution in [0.3, 0.4) is 0 Å². The molecule has 13 nitrogen and oxygen atoms in total. The first-order valence-electron chi connectivity index (χ1n) is 18.4. The molecule has 59 heavy (non-hydrogen) atoms. The number of aryl methyl sites for hydroxylation is 3. The number of carbonyl (C=O) groups excluding carboxylic acids is 2. The number of nitrogens with zero attached hydrogens (tertiary/aromatic N) is 4. The molecule has 0 unspecified atom stereocenters. The van der Waals surface area contributed by atoms with Crippen molar-refractivity contribution in [3.05, 3.63) is 180 Å². The lowest BCUT2D eigenvalue weighted by Gasteiger charge is -2.10. The first-order valence-corrected chi connectivity index (χ1v) is 21.3. The molecular formula is C44H39N7O6S2. The number of pyridine rings is 3. The van der Waals surface area contributed by atoms with E-state index in [2.05, 4.69) is 30.6 Å². The number of imidazole rings is 1. The van der Waals surface area contributed by atoms with Crippen LogP contribution in [0.25, 0.3) is 16.6 Å². The van der Waals surface area contributed by atoms with E-state index in [4.69, 9.17) is 0 Å². The average Bonchev–Trinajstić information content (AvgIpc) is 3.90. The van der Waals surface area contributed by atoms with E-state index in [1.54, 1.807) is 134 Å². The topological polar surface area (TPSA) is 185 Å². The van der Waals surface area contributed by atoms with Crippen LogP contribution in [0.15, 0.2) is 160 Å². The van der Waals surface area contributed by atoms with E-state index in [1.807, 2.05) is 13.0 Å². The molecule has 3 N–H and O–H groups in total. The summed E-state index contributed by atoms with van der Waals surface area (Å²) in [5, 5.41) is 6.54. The third-order valence-electron chi connectivity index (χ3n) is 9.47. The summed E-state index contributed by atoms with van der Waals surface area (Å²) in [5.41, 5.74) is 6.69. The Kier molecular flexibility index (Phi) is 11.5. The summed E-state index contributed by atoms with van der Waals surface area (Å²) in [6, 6.07) is 27.0. The molecule has 5 aromatic heterocycles. The summed E-state index contributed by atoms with van der Waals surface area (Å²) >= 11 is 0. The molecule has 15 heteroatoms. The lowest BCUT2D eigenvalue weighted by atomic mass is 10.2. The molecule has 0 radical (unpaired) electrons. The molecule has 0 aliphatic carbocycles. The Morgan fingerprint density at radius 3 is 1.98 bits per heavy atom. The Labute approximate surface area is 341 Å². The van der Waals surface area contributed by atoms with Crippen molar-refractivity contribution in [1.29, 1.82) is 0 Å². The predicted octanol–water partition coefficient (Wildman–Crippen LogP) is 6.74. The lowest BCUT2D eigenvalue weighted by Crippen LogP contribution is -2.23. The molecule has 3 aromatic carbocycles. The summed E-state index contributed by atoms with van der Waals surface area (Å²) in [5.74, 6) is -0.457. The van der Waals surface area contributed by atoms with Crippen LogP contribution in [-0.4, -0.2) is 53.0 Å². The highest BCUT2D eigenvalue weighted by Gasteiger charge is 2.21. The van der Waals surface area contributed by atoms with Crippen LogP contribution < -0.4 is 10.6 Å². The maximum atomic E-state index is 12.9. The van der Waals surface area contributed by atoms with Crippen LogP contribution in [0.4, 0.5) is 0 Å². The predicted molar refractivity (Wildman–Crippen MR) is 222 cm³/mol. The molecule has 0 spiro atoms. The van der Waals surface area contributed by atoms with Gasteiger partial charge in [-0.3, -0.25) is 19.6 Å². The standard InChI is InChI=1S/C23H21N3O3S.C21H18N4O3S/c1-15-3-8-22(16(2)11-15)30(28,29)19-6-4-17(5-7-19)13-25-23(27)21-12-18-14-24-10-9-20(18)26-21;1-15-10-19(13-22-11-15)29(27,28)18-5-2-16(3-6-18)12-24-21(26)17-4-7-20-23-8-9-25(20)14-17/h3-12,14,26H,13H2,1-2H3,(H,25,27);2-11,13-14H,12H2,1H3,(H,24,26). The van der Waals surface area contributed by atoms with Gasteiger partial charge in [0.15, 0.2) is 0 Å². The fourth-order valence-electron chi connectivity index (χ4n) is 6.32. The van der Waals surface area contributed by atoms with Gasteiger partial charge in [-0.15, -0.1) is 0 Å². The minimum atomic E-state index is -3.63. The number of nitrogens with one attached hydrogen (secondary N) is 3. The minimum absolute atomic E-state index is 0.161. The normalized spacial score (nSPS) is 11.5. The molecule has 8 aromatic rings. The fraction of sp³-hybridized carbons (Fsp3) is 0.114. The number of aromatic amines is 1. The largest absolute Gasteiger partial charge is 0.350 e. The Hall–Kier alpha value is -6.97. The number of carbonyl (C=O) groups is 2. The summed E-state index contributed by atoms with van der Waals surface area (Å²) in [6.45, 7) is 6.09. The van der Waals surface area contributed by atoms with E-state index in [9.17, 15) is 26.4 Å². The SMILES string of the molecule is Cc1ccc(S(=O)(=O)c2ccc(CNC(=O)c3cc4cnccc4[nH]3)cc2)c(C)c1.Cc1cncc(S(=O)(=O)c2ccc(CNC(=O)c3ccc4nccn4c3)cc2)c1.